The lowest BCUT2D eigenvalue weighted by atomic mass is 10.1. The van der Waals surface area contributed by atoms with Gasteiger partial charge in [-0.05, 0) is 49.6 Å². The molecule has 1 rings (SSSR count). The number of carbonyl (C=O) groups excluding carboxylic acids is 1. The molecule has 1 aromatic rings. The highest BCUT2D eigenvalue weighted by molar-refractivity contribution is 5.89. The van der Waals surface area contributed by atoms with Gasteiger partial charge in [0.2, 0.25) is 0 Å². The zero-order valence-electron chi connectivity index (χ0n) is 15.5. The number of ether oxygens (including phenoxy) is 2. The third-order valence-electron chi connectivity index (χ3n) is 2.90. The predicted molar refractivity (Wildman–Crippen MR) is 86.0 cm³/mol. The van der Waals surface area contributed by atoms with Crippen LogP contribution in [0.5, 0.6) is 5.75 Å². The average Bonchev–Trinajstić information content (AvgIpc) is 2.53. The van der Waals surface area contributed by atoms with E-state index >= 15 is 0 Å². The molecule has 0 radical (unpaired) electrons. The Labute approximate surface area is 156 Å². The third kappa shape index (κ3) is 18.5. The van der Waals surface area contributed by atoms with Crippen molar-refractivity contribution in [3.63, 3.8) is 0 Å². The van der Waals surface area contributed by atoms with E-state index in [4.69, 9.17) is 4.74 Å². The van der Waals surface area contributed by atoms with Crippen LogP contribution in [0.1, 0.15) is 44.0 Å². The van der Waals surface area contributed by atoms with Crippen molar-refractivity contribution in [2.45, 2.75) is 46.5 Å². The number of allylic oxidation sites excluding steroid dienone is 2. The summed E-state index contributed by atoms with van der Waals surface area (Å²) in [5.74, 6) is 1.34. The Hall–Kier alpha value is -2.33. The van der Waals surface area contributed by atoms with Crippen molar-refractivity contribution in [3.8, 4) is 5.75 Å². The summed E-state index contributed by atoms with van der Waals surface area (Å²) in [6.07, 6.45) is -9.02. The Morgan fingerprint density at radius 1 is 0.857 bits per heavy atom. The van der Waals surface area contributed by atoms with E-state index in [9.17, 15) is 39.9 Å². The SMILES string of the molecule is CCC(CC)=C(C)Oc1ccc(C(=O)OC)cc1.FC(F)(F)F.FC(F)(F)F. The maximum Gasteiger partial charge on any atom is 0.559 e. The second-order valence-corrected chi connectivity index (χ2v) is 4.84. The molecule has 0 fully saturated rings. The van der Waals surface area contributed by atoms with Crippen molar-refractivity contribution >= 4 is 5.97 Å². The van der Waals surface area contributed by atoms with E-state index in [0.717, 1.165) is 24.4 Å². The molecule has 0 aromatic heterocycles. The molecule has 28 heavy (non-hydrogen) atoms. The molecule has 0 saturated heterocycles. The molecule has 0 amide bonds. The summed E-state index contributed by atoms with van der Waals surface area (Å²) >= 11 is 0. The Balaban J connectivity index is 0. The number of rotatable bonds is 5. The fourth-order valence-corrected chi connectivity index (χ4v) is 1.77. The minimum Gasteiger partial charge on any atom is -0.465 e. The number of esters is 1. The topological polar surface area (TPSA) is 35.5 Å². The first-order chi connectivity index (χ1) is 12.6. The van der Waals surface area contributed by atoms with Gasteiger partial charge in [-0.1, -0.05) is 13.8 Å². The minimum atomic E-state index is -5.50. The molecule has 1 aromatic carbocycles. The maximum atomic E-state index is 11.3. The summed E-state index contributed by atoms with van der Waals surface area (Å²) in [5, 5.41) is 0. The van der Waals surface area contributed by atoms with E-state index in [-0.39, 0.29) is 5.97 Å². The van der Waals surface area contributed by atoms with E-state index < -0.39 is 12.9 Å². The van der Waals surface area contributed by atoms with Gasteiger partial charge < -0.3 is 9.47 Å². The molecule has 3 nitrogen and oxygen atoms in total. The maximum absolute atomic E-state index is 11.3. The summed E-state index contributed by atoms with van der Waals surface area (Å²) in [6.45, 7) is 6.20. The molecule has 11 heteroatoms. The Kier molecular flexibility index (Phi) is 12.9. The second-order valence-electron chi connectivity index (χ2n) is 4.84. The van der Waals surface area contributed by atoms with Gasteiger partial charge in [-0.2, -0.15) is 0 Å². The van der Waals surface area contributed by atoms with E-state index in [2.05, 4.69) is 18.6 Å². The van der Waals surface area contributed by atoms with Gasteiger partial charge in [-0.25, -0.2) is 4.79 Å². The molecule has 0 saturated carbocycles. The van der Waals surface area contributed by atoms with Crippen LogP contribution >= 0.6 is 0 Å². The number of benzene rings is 1. The van der Waals surface area contributed by atoms with Crippen molar-refractivity contribution in [1.29, 1.82) is 0 Å². The first-order valence-electron chi connectivity index (χ1n) is 7.68. The summed E-state index contributed by atoms with van der Waals surface area (Å²) < 4.78 is 87.9. The van der Waals surface area contributed by atoms with Crippen LogP contribution in [0.15, 0.2) is 35.6 Å². The third-order valence-corrected chi connectivity index (χ3v) is 2.90. The van der Waals surface area contributed by atoms with E-state index in [1.165, 1.54) is 12.7 Å². The molecule has 0 aliphatic rings. The van der Waals surface area contributed by atoms with Gasteiger partial charge >= 0.3 is 18.8 Å². The number of hydrogen-bond donors (Lipinski definition) is 0. The van der Waals surface area contributed by atoms with Gasteiger partial charge in [0.05, 0.1) is 12.7 Å². The molecule has 162 valence electrons. The van der Waals surface area contributed by atoms with Crippen molar-refractivity contribution in [3.05, 3.63) is 41.2 Å². The van der Waals surface area contributed by atoms with Gasteiger partial charge in [0.15, 0.2) is 0 Å². The Morgan fingerprint density at radius 3 is 1.50 bits per heavy atom. The van der Waals surface area contributed by atoms with E-state index in [0.29, 0.717) is 5.56 Å². The molecular weight excluding hydrogens is 404 g/mol. The molecule has 0 aliphatic heterocycles. The molecule has 0 heterocycles. The number of hydrogen-bond acceptors (Lipinski definition) is 3. The monoisotopic (exact) mass is 424 g/mol. The summed E-state index contributed by atoms with van der Waals surface area (Å²) in [5.41, 5.74) is 1.82. The number of halogens is 8. The molecule has 0 N–H and O–H groups in total. The molecule has 0 aliphatic carbocycles. The van der Waals surface area contributed by atoms with Crippen LogP contribution in [0, 0.1) is 0 Å². The average molecular weight is 424 g/mol. The van der Waals surface area contributed by atoms with Crippen LogP contribution < -0.4 is 4.74 Å². The van der Waals surface area contributed by atoms with Crippen LogP contribution in [0.2, 0.25) is 0 Å². The largest absolute Gasteiger partial charge is 0.559 e. The zero-order chi connectivity index (χ0) is 22.5. The summed E-state index contributed by atoms with van der Waals surface area (Å²) in [4.78, 5) is 11.3. The first kappa shape index (κ1) is 27.9. The lowest BCUT2D eigenvalue weighted by molar-refractivity contribution is -0.238. The minimum absolute atomic E-state index is 0.336. The fraction of sp³-hybridized carbons (Fsp3) is 0.471. The highest BCUT2D eigenvalue weighted by Crippen LogP contribution is 2.19. The Morgan fingerprint density at radius 2 is 1.21 bits per heavy atom. The lowest BCUT2D eigenvalue weighted by Crippen LogP contribution is -2.01. The number of alkyl halides is 8. The first-order valence-corrected chi connectivity index (χ1v) is 7.68. The second kappa shape index (κ2) is 12.9. The van der Waals surface area contributed by atoms with Crippen molar-refractivity contribution in [2.75, 3.05) is 7.11 Å². The Bertz CT molecular complexity index is 574. The normalized spacial score (nSPS) is 10.6. The van der Waals surface area contributed by atoms with Crippen molar-refractivity contribution < 1.29 is 49.4 Å². The van der Waals surface area contributed by atoms with Crippen molar-refractivity contribution in [1.82, 2.24) is 0 Å². The van der Waals surface area contributed by atoms with Gasteiger partial charge in [0.25, 0.3) is 0 Å². The molecule has 0 unspecified atom stereocenters. The molecule has 0 bridgehead atoms. The van der Waals surface area contributed by atoms with Crippen LogP contribution in [-0.4, -0.2) is 25.9 Å². The summed E-state index contributed by atoms with van der Waals surface area (Å²) in [6, 6.07) is 6.95. The van der Waals surface area contributed by atoms with Gasteiger partial charge in [0, 0.05) is 0 Å². The highest BCUT2D eigenvalue weighted by Gasteiger charge is 2.25. The predicted octanol–water partition coefficient (Wildman–Crippen LogP) is 6.90. The number of carbonyl (C=O) groups is 1. The quantitative estimate of drug-likeness (QED) is 0.293. The molecule has 0 atom stereocenters. The van der Waals surface area contributed by atoms with Crippen LogP contribution in [0.3, 0.4) is 0 Å². The lowest BCUT2D eigenvalue weighted by Gasteiger charge is -2.10. The standard InChI is InChI=1S/C15H20O3.2CF4/c1-5-12(6-2)11(3)18-14-9-7-13(8-10-14)15(16)17-4;2*2-1(3,4)5/h7-10H,5-6H2,1-4H3;;. The van der Waals surface area contributed by atoms with E-state index in [1.54, 1.807) is 24.3 Å². The van der Waals surface area contributed by atoms with Gasteiger partial charge in [-0.15, -0.1) is 35.1 Å². The van der Waals surface area contributed by atoms with E-state index in [1.807, 2.05) is 6.92 Å². The molecule has 0 spiro atoms. The summed E-state index contributed by atoms with van der Waals surface area (Å²) in [7, 11) is 1.37. The van der Waals surface area contributed by atoms with Crippen LogP contribution in [0.25, 0.3) is 0 Å². The molecular formula is C17H20F8O3. The highest BCUT2D eigenvalue weighted by atomic mass is 19.5. The van der Waals surface area contributed by atoms with Crippen LogP contribution in [0.4, 0.5) is 35.1 Å². The van der Waals surface area contributed by atoms with Crippen molar-refractivity contribution in [2.24, 2.45) is 0 Å². The fourth-order valence-electron chi connectivity index (χ4n) is 1.77. The van der Waals surface area contributed by atoms with Crippen LogP contribution in [-0.2, 0) is 4.74 Å². The smallest absolute Gasteiger partial charge is 0.465 e. The zero-order valence-corrected chi connectivity index (χ0v) is 15.5. The van der Waals surface area contributed by atoms with Gasteiger partial charge in [0.1, 0.15) is 11.5 Å². The van der Waals surface area contributed by atoms with Gasteiger partial charge in [-0.3, -0.25) is 0 Å². The number of methoxy groups -OCH3 is 1.